The average Bonchev–Trinajstić information content (AvgIpc) is 2.53. The second-order valence-corrected chi connectivity index (χ2v) is 7.98. The first-order valence-electron chi connectivity index (χ1n) is 9.63. The van der Waals surface area contributed by atoms with E-state index in [1.165, 1.54) is 6.92 Å². The van der Waals surface area contributed by atoms with Crippen LogP contribution in [0.1, 0.15) is 80.1 Å². The van der Waals surface area contributed by atoms with Gasteiger partial charge in [0.1, 0.15) is 5.78 Å². The lowest BCUT2D eigenvalue weighted by atomic mass is 9.93. The number of carbonyl (C=O) groups is 4. The third-order valence-electron chi connectivity index (χ3n) is 4.13. The predicted molar refractivity (Wildman–Crippen MR) is 103 cm³/mol. The second-order valence-electron chi connectivity index (χ2n) is 7.98. The number of Topliss-reactive ketones (excluding diaryl/α,β-unsaturated/α-hetero) is 3. The van der Waals surface area contributed by atoms with Gasteiger partial charge in [-0.1, -0.05) is 33.1 Å². The highest BCUT2D eigenvalue weighted by atomic mass is 16.2. The molecule has 150 valence electrons. The first-order valence-corrected chi connectivity index (χ1v) is 9.63. The molecule has 1 amide bonds. The minimum atomic E-state index is -0.749. The highest BCUT2D eigenvalue weighted by Gasteiger charge is 2.28. The van der Waals surface area contributed by atoms with E-state index in [0.717, 1.165) is 19.3 Å². The molecule has 0 aliphatic carbocycles. The highest BCUT2D eigenvalue weighted by Crippen LogP contribution is 2.14. The molecule has 2 atom stereocenters. The Labute approximate surface area is 157 Å². The lowest BCUT2D eigenvalue weighted by Crippen LogP contribution is -2.52. The molecule has 2 unspecified atom stereocenters. The zero-order valence-corrected chi connectivity index (χ0v) is 17.2. The minimum absolute atomic E-state index is 0.00779. The molecular weight excluding hydrogens is 332 g/mol. The molecule has 0 aromatic heterocycles. The Bertz CT molecular complexity index is 495. The van der Waals surface area contributed by atoms with Gasteiger partial charge in [0.25, 0.3) is 5.91 Å². The molecule has 0 heterocycles. The molecule has 6 nitrogen and oxygen atoms in total. The molecule has 0 aromatic carbocycles. The Kier molecular flexibility index (Phi) is 11.2. The summed E-state index contributed by atoms with van der Waals surface area (Å²) in [5, 5.41) is 5.57. The normalized spacial score (nSPS) is 13.8. The summed E-state index contributed by atoms with van der Waals surface area (Å²) in [6, 6.07) is -0.565. The van der Waals surface area contributed by atoms with E-state index in [-0.39, 0.29) is 36.0 Å². The monoisotopic (exact) mass is 368 g/mol. The summed E-state index contributed by atoms with van der Waals surface area (Å²) in [6.45, 7) is 11.1. The summed E-state index contributed by atoms with van der Waals surface area (Å²) in [5.74, 6) is -1.83. The van der Waals surface area contributed by atoms with Crippen molar-refractivity contribution in [3.63, 3.8) is 0 Å². The van der Waals surface area contributed by atoms with Crippen molar-refractivity contribution in [1.29, 1.82) is 0 Å². The van der Waals surface area contributed by atoms with Crippen molar-refractivity contribution < 1.29 is 19.2 Å². The maximum absolute atomic E-state index is 12.4. The van der Waals surface area contributed by atoms with Gasteiger partial charge in [-0.25, -0.2) is 0 Å². The van der Waals surface area contributed by atoms with Crippen molar-refractivity contribution in [3.05, 3.63) is 0 Å². The number of rotatable bonds is 13. The van der Waals surface area contributed by atoms with Crippen molar-refractivity contribution >= 4 is 23.3 Å². The maximum atomic E-state index is 12.4. The fourth-order valence-electron chi connectivity index (χ4n) is 2.75. The van der Waals surface area contributed by atoms with Gasteiger partial charge in [-0.3, -0.25) is 19.2 Å². The number of amides is 1. The zero-order chi connectivity index (χ0) is 20.3. The molecule has 0 bridgehead atoms. The number of hydrogen-bond acceptors (Lipinski definition) is 5. The number of unbranched alkanes of at least 4 members (excludes halogenated alkanes) is 1. The molecule has 2 N–H and O–H groups in total. The van der Waals surface area contributed by atoms with E-state index >= 15 is 0 Å². The van der Waals surface area contributed by atoms with Crippen LogP contribution in [0.15, 0.2) is 0 Å². The second kappa shape index (κ2) is 11.9. The van der Waals surface area contributed by atoms with Crippen LogP contribution in [0.2, 0.25) is 0 Å². The molecule has 0 rings (SSSR count). The third kappa shape index (κ3) is 10.4. The summed E-state index contributed by atoms with van der Waals surface area (Å²) < 4.78 is 0. The smallest absolute Gasteiger partial charge is 0.289 e. The van der Waals surface area contributed by atoms with Crippen LogP contribution in [0.25, 0.3) is 0 Å². The molecule has 0 aliphatic rings. The maximum Gasteiger partial charge on any atom is 0.289 e. The fraction of sp³-hybridized carbons (Fsp3) is 0.800. The van der Waals surface area contributed by atoms with Gasteiger partial charge in [0, 0.05) is 17.9 Å². The SMILES string of the molecule is CCCCC(CC(=O)CNC(=O)C(=O)C(CCC)NC(C)(C)C)C(C)=O. The topological polar surface area (TPSA) is 92.3 Å². The first-order chi connectivity index (χ1) is 12.0. The van der Waals surface area contributed by atoms with Crippen molar-refractivity contribution in [2.45, 2.75) is 91.6 Å². The molecule has 0 spiro atoms. The first kappa shape index (κ1) is 24.4. The molecule has 0 fully saturated rings. The van der Waals surface area contributed by atoms with Gasteiger partial charge in [-0.2, -0.15) is 0 Å². The van der Waals surface area contributed by atoms with E-state index in [4.69, 9.17) is 0 Å². The standard InChI is InChI=1S/C20H36N2O4/c1-7-9-11-15(14(3)23)12-16(24)13-21-19(26)18(25)17(10-8-2)22-20(4,5)6/h15,17,22H,7-13H2,1-6H3,(H,21,26). The Morgan fingerprint density at radius 2 is 1.58 bits per heavy atom. The third-order valence-corrected chi connectivity index (χ3v) is 4.13. The van der Waals surface area contributed by atoms with Crippen molar-refractivity contribution in [2.24, 2.45) is 5.92 Å². The summed E-state index contributed by atoms with van der Waals surface area (Å²) >= 11 is 0. The van der Waals surface area contributed by atoms with E-state index in [1.54, 1.807) is 0 Å². The Morgan fingerprint density at radius 3 is 2.04 bits per heavy atom. The Hall–Kier alpha value is -1.56. The lowest BCUT2D eigenvalue weighted by Gasteiger charge is -2.27. The van der Waals surface area contributed by atoms with E-state index in [1.807, 2.05) is 34.6 Å². The quantitative estimate of drug-likeness (QED) is 0.488. The molecule has 0 aromatic rings. The highest BCUT2D eigenvalue weighted by molar-refractivity contribution is 6.38. The van der Waals surface area contributed by atoms with Gasteiger partial charge in [0.2, 0.25) is 5.78 Å². The van der Waals surface area contributed by atoms with Crippen LogP contribution in [0, 0.1) is 5.92 Å². The van der Waals surface area contributed by atoms with Crippen molar-refractivity contribution in [1.82, 2.24) is 10.6 Å². The number of ketones is 3. The molecule has 26 heavy (non-hydrogen) atoms. The van der Waals surface area contributed by atoms with E-state index in [9.17, 15) is 19.2 Å². The molecule has 6 heteroatoms. The van der Waals surface area contributed by atoms with E-state index in [2.05, 4.69) is 10.6 Å². The minimum Gasteiger partial charge on any atom is -0.342 e. The van der Waals surface area contributed by atoms with Crippen LogP contribution < -0.4 is 10.6 Å². The van der Waals surface area contributed by atoms with Crippen LogP contribution in [0.3, 0.4) is 0 Å². The van der Waals surface area contributed by atoms with Gasteiger partial charge in [-0.05, 0) is 40.5 Å². The number of carbonyl (C=O) groups excluding carboxylic acids is 4. The van der Waals surface area contributed by atoms with Gasteiger partial charge < -0.3 is 10.6 Å². The van der Waals surface area contributed by atoms with Crippen LogP contribution in [-0.2, 0) is 19.2 Å². The summed E-state index contributed by atoms with van der Waals surface area (Å²) in [7, 11) is 0. The Morgan fingerprint density at radius 1 is 0.962 bits per heavy atom. The number of hydrogen-bond donors (Lipinski definition) is 2. The van der Waals surface area contributed by atoms with Crippen LogP contribution in [-0.4, -0.2) is 41.4 Å². The summed E-state index contributed by atoms with van der Waals surface area (Å²) in [4.78, 5) is 48.2. The summed E-state index contributed by atoms with van der Waals surface area (Å²) in [5.41, 5.74) is -0.292. The Balaban J connectivity index is 4.62. The molecular formula is C20H36N2O4. The van der Waals surface area contributed by atoms with Crippen LogP contribution >= 0.6 is 0 Å². The van der Waals surface area contributed by atoms with Gasteiger partial charge in [0.15, 0.2) is 5.78 Å². The van der Waals surface area contributed by atoms with Gasteiger partial charge in [-0.15, -0.1) is 0 Å². The molecule has 0 saturated heterocycles. The van der Waals surface area contributed by atoms with Crippen LogP contribution in [0.4, 0.5) is 0 Å². The van der Waals surface area contributed by atoms with Crippen LogP contribution in [0.5, 0.6) is 0 Å². The van der Waals surface area contributed by atoms with Crippen molar-refractivity contribution in [2.75, 3.05) is 6.54 Å². The van der Waals surface area contributed by atoms with E-state index in [0.29, 0.717) is 12.8 Å². The summed E-state index contributed by atoms with van der Waals surface area (Å²) in [6.07, 6.45) is 3.97. The average molecular weight is 369 g/mol. The zero-order valence-electron chi connectivity index (χ0n) is 17.2. The molecule has 0 saturated carbocycles. The van der Waals surface area contributed by atoms with Gasteiger partial charge >= 0.3 is 0 Å². The fourth-order valence-corrected chi connectivity index (χ4v) is 2.75. The van der Waals surface area contributed by atoms with Crippen molar-refractivity contribution in [3.8, 4) is 0 Å². The largest absolute Gasteiger partial charge is 0.342 e. The predicted octanol–water partition coefficient (Wildman–Crippen LogP) is 2.58. The lowest BCUT2D eigenvalue weighted by molar-refractivity contribution is -0.140. The van der Waals surface area contributed by atoms with Gasteiger partial charge in [0.05, 0.1) is 12.6 Å². The number of nitrogens with one attached hydrogen (secondary N) is 2. The molecule has 0 aliphatic heterocycles. The molecule has 0 radical (unpaired) electrons. The van der Waals surface area contributed by atoms with E-state index < -0.39 is 17.7 Å².